The number of aromatic nitrogens is 2. The summed E-state index contributed by atoms with van der Waals surface area (Å²) in [5.41, 5.74) is 1.74. The van der Waals surface area contributed by atoms with Crippen LogP contribution in [0.15, 0.2) is 47.5 Å². The Balaban J connectivity index is 1.68. The van der Waals surface area contributed by atoms with Gasteiger partial charge in [-0.15, -0.1) is 11.3 Å². The highest BCUT2D eigenvalue weighted by molar-refractivity contribution is 7.89. The molecule has 0 amide bonds. The van der Waals surface area contributed by atoms with Crippen molar-refractivity contribution in [3.8, 4) is 10.6 Å². The van der Waals surface area contributed by atoms with Crippen molar-refractivity contribution in [3.05, 3.63) is 59.0 Å². The van der Waals surface area contributed by atoms with Crippen LogP contribution in [0.1, 0.15) is 29.5 Å². The van der Waals surface area contributed by atoms with Crippen LogP contribution >= 0.6 is 11.3 Å². The zero-order chi connectivity index (χ0) is 19.0. The second kappa shape index (κ2) is 6.99. The number of primary sulfonamides is 1. The van der Waals surface area contributed by atoms with Gasteiger partial charge in [-0.1, -0.05) is 0 Å². The van der Waals surface area contributed by atoms with Crippen LogP contribution in [0, 0.1) is 5.82 Å². The van der Waals surface area contributed by atoms with Crippen molar-refractivity contribution in [2.75, 3.05) is 5.32 Å². The molecule has 1 aliphatic carbocycles. The number of aryl methyl sites for hydroxylation is 1. The molecule has 1 unspecified atom stereocenters. The number of halogens is 1. The first-order chi connectivity index (χ1) is 12.9. The van der Waals surface area contributed by atoms with Crippen LogP contribution < -0.4 is 10.5 Å². The van der Waals surface area contributed by atoms with Crippen molar-refractivity contribution in [1.29, 1.82) is 0 Å². The first kappa shape index (κ1) is 18.0. The Morgan fingerprint density at radius 2 is 2.00 bits per heavy atom. The summed E-state index contributed by atoms with van der Waals surface area (Å²) in [4.78, 5) is 10.0. The summed E-state index contributed by atoms with van der Waals surface area (Å²) in [5, 5.41) is 9.32. The molecule has 0 spiro atoms. The molecule has 1 atom stereocenters. The van der Waals surface area contributed by atoms with E-state index < -0.39 is 10.0 Å². The van der Waals surface area contributed by atoms with Crippen molar-refractivity contribution >= 4 is 27.2 Å². The predicted molar refractivity (Wildman–Crippen MR) is 102 cm³/mol. The molecule has 0 fully saturated rings. The molecule has 0 saturated carbocycles. The van der Waals surface area contributed by atoms with Gasteiger partial charge in [0.05, 0.1) is 11.7 Å². The van der Waals surface area contributed by atoms with E-state index in [0.29, 0.717) is 0 Å². The number of sulfonamides is 1. The van der Waals surface area contributed by atoms with E-state index in [2.05, 4.69) is 10.3 Å². The summed E-state index contributed by atoms with van der Waals surface area (Å²) < 4.78 is 36.8. The summed E-state index contributed by atoms with van der Waals surface area (Å²) in [5.74, 6) is -0.0560. The van der Waals surface area contributed by atoms with E-state index in [9.17, 15) is 12.8 Å². The number of benzene rings is 1. The van der Waals surface area contributed by atoms with Crippen molar-refractivity contribution in [2.24, 2.45) is 5.14 Å². The fourth-order valence-corrected chi connectivity index (χ4v) is 4.99. The molecule has 1 aromatic carbocycles. The number of fused-ring (bicyclic) bond motifs is 1. The highest BCUT2D eigenvalue weighted by Crippen LogP contribution is 2.39. The maximum atomic E-state index is 13.2. The lowest BCUT2D eigenvalue weighted by atomic mass is 9.97. The van der Waals surface area contributed by atoms with E-state index in [4.69, 9.17) is 10.1 Å². The van der Waals surface area contributed by atoms with Crippen LogP contribution in [0.25, 0.3) is 10.6 Å². The van der Waals surface area contributed by atoms with E-state index in [1.807, 2.05) is 0 Å². The number of thiazole rings is 1. The number of nitrogens with zero attached hydrogens (tertiary/aromatic N) is 2. The van der Waals surface area contributed by atoms with Gasteiger partial charge in [0.15, 0.2) is 0 Å². The molecule has 9 heteroatoms. The van der Waals surface area contributed by atoms with E-state index in [1.165, 1.54) is 30.5 Å². The maximum Gasteiger partial charge on any atom is 0.241 e. The summed E-state index contributed by atoms with van der Waals surface area (Å²) in [6, 6.07) is 9.05. The summed E-state index contributed by atoms with van der Waals surface area (Å²) >= 11 is 1.58. The highest BCUT2D eigenvalue weighted by Gasteiger charge is 2.27. The molecular weight excluding hydrogens is 387 g/mol. The van der Waals surface area contributed by atoms with Crippen molar-refractivity contribution in [3.63, 3.8) is 0 Å². The van der Waals surface area contributed by atoms with Gasteiger partial charge in [-0.25, -0.2) is 27.9 Å². The second-order valence-electron chi connectivity index (χ2n) is 6.32. The molecule has 3 N–H and O–H groups in total. The molecule has 6 nitrogen and oxygen atoms in total. The fraction of sp³-hybridized carbons (Fsp3) is 0.222. The highest BCUT2D eigenvalue weighted by atomic mass is 32.2. The topological polar surface area (TPSA) is 98.0 Å². The Morgan fingerprint density at radius 3 is 2.74 bits per heavy atom. The molecule has 27 heavy (non-hydrogen) atoms. The molecule has 2 heterocycles. The van der Waals surface area contributed by atoms with E-state index in [1.54, 1.807) is 23.5 Å². The van der Waals surface area contributed by atoms with E-state index >= 15 is 0 Å². The SMILES string of the molecule is NS(=O)(=O)c1cccnc1NC1CCCc2sc(-c3ccc(F)cc3)nc21. The zero-order valence-corrected chi connectivity index (χ0v) is 15.9. The van der Waals surface area contributed by atoms with Gasteiger partial charge in [-0.05, 0) is 55.7 Å². The molecular formula is C18H17FN4O2S2. The van der Waals surface area contributed by atoms with Crippen LogP contribution in [0.2, 0.25) is 0 Å². The minimum atomic E-state index is -3.88. The monoisotopic (exact) mass is 404 g/mol. The van der Waals surface area contributed by atoms with Crippen molar-refractivity contribution < 1.29 is 12.8 Å². The van der Waals surface area contributed by atoms with Gasteiger partial charge in [0.1, 0.15) is 21.5 Å². The first-order valence-electron chi connectivity index (χ1n) is 8.42. The fourth-order valence-electron chi connectivity index (χ4n) is 3.17. The number of nitrogens with one attached hydrogen (secondary N) is 1. The Bertz CT molecular complexity index is 1080. The number of pyridine rings is 1. The largest absolute Gasteiger partial charge is 0.361 e. The number of rotatable bonds is 4. The first-order valence-corrected chi connectivity index (χ1v) is 10.8. The van der Waals surface area contributed by atoms with E-state index in [-0.39, 0.29) is 22.6 Å². The Hall–Kier alpha value is -2.36. The third-order valence-corrected chi connectivity index (χ3v) is 6.56. The van der Waals surface area contributed by atoms with Gasteiger partial charge in [-0.3, -0.25) is 0 Å². The standard InChI is InChI=1S/C18H17FN4O2S2/c19-12-8-6-11(7-9-12)18-23-16-13(3-1-4-14(16)26-18)22-17-15(27(20,24)25)5-2-10-21-17/h2,5-10,13H,1,3-4H2,(H,21,22)(H2,20,24,25). The van der Waals surface area contributed by atoms with Gasteiger partial charge < -0.3 is 5.32 Å². The van der Waals surface area contributed by atoms with Crippen LogP contribution in [-0.2, 0) is 16.4 Å². The van der Waals surface area contributed by atoms with Crippen LogP contribution in [0.5, 0.6) is 0 Å². The van der Waals surface area contributed by atoms with Crippen molar-refractivity contribution in [1.82, 2.24) is 9.97 Å². The van der Waals surface area contributed by atoms with Crippen LogP contribution in [0.3, 0.4) is 0 Å². The summed E-state index contributed by atoms with van der Waals surface area (Å²) in [6.45, 7) is 0. The molecule has 140 valence electrons. The lowest BCUT2D eigenvalue weighted by molar-refractivity contribution is 0.586. The van der Waals surface area contributed by atoms with Crippen LogP contribution in [-0.4, -0.2) is 18.4 Å². The molecule has 0 radical (unpaired) electrons. The normalized spacial score (nSPS) is 16.7. The summed E-state index contributed by atoms with van der Waals surface area (Å²) in [7, 11) is -3.88. The lowest BCUT2D eigenvalue weighted by Gasteiger charge is -2.23. The third-order valence-electron chi connectivity index (χ3n) is 4.43. The molecule has 2 aromatic heterocycles. The number of nitrogens with two attached hydrogens (primary N) is 1. The number of hydrogen-bond acceptors (Lipinski definition) is 6. The Morgan fingerprint density at radius 1 is 1.22 bits per heavy atom. The molecule has 0 bridgehead atoms. The minimum absolute atomic E-state index is 0.0360. The summed E-state index contributed by atoms with van der Waals surface area (Å²) in [6.07, 6.45) is 4.19. The third kappa shape index (κ3) is 3.71. The average Bonchev–Trinajstić information content (AvgIpc) is 3.07. The van der Waals surface area contributed by atoms with Gasteiger partial charge in [0.25, 0.3) is 0 Å². The number of hydrogen-bond donors (Lipinski definition) is 2. The lowest BCUT2D eigenvalue weighted by Crippen LogP contribution is -2.21. The zero-order valence-electron chi connectivity index (χ0n) is 14.2. The molecule has 4 rings (SSSR count). The maximum absolute atomic E-state index is 13.2. The van der Waals surface area contributed by atoms with Gasteiger partial charge in [0.2, 0.25) is 10.0 Å². The van der Waals surface area contributed by atoms with Crippen LogP contribution in [0.4, 0.5) is 10.2 Å². The van der Waals surface area contributed by atoms with Gasteiger partial charge in [0, 0.05) is 16.6 Å². The Labute approximate surface area is 160 Å². The number of anilines is 1. The average molecular weight is 404 g/mol. The molecule has 0 aliphatic heterocycles. The predicted octanol–water partition coefficient (Wildman–Crippen LogP) is 3.48. The molecule has 3 aromatic rings. The van der Waals surface area contributed by atoms with Crippen molar-refractivity contribution in [2.45, 2.75) is 30.2 Å². The van der Waals surface area contributed by atoms with Gasteiger partial charge >= 0.3 is 0 Å². The van der Waals surface area contributed by atoms with E-state index in [0.717, 1.165) is 40.4 Å². The molecule has 1 aliphatic rings. The Kier molecular flexibility index (Phi) is 4.67. The smallest absolute Gasteiger partial charge is 0.241 e. The van der Waals surface area contributed by atoms with Gasteiger partial charge in [-0.2, -0.15) is 0 Å². The minimum Gasteiger partial charge on any atom is -0.361 e. The molecule has 0 saturated heterocycles. The second-order valence-corrected chi connectivity index (χ2v) is 8.93. The quantitative estimate of drug-likeness (QED) is 0.694.